The van der Waals surface area contributed by atoms with Gasteiger partial charge < -0.3 is 5.11 Å². The number of hydrogen-bond acceptors (Lipinski definition) is 4. The van der Waals surface area contributed by atoms with E-state index in [1.54, 1.807) is 18.7 Å². The minimum atomic E-state index is -1.02. The number of carboxylic acids is 1. The third-order valence-corrected chi connectivity index (χ3v) is 3.47. The van der Waals surface area contributed by atoms with Gasteiger partial charge in [0.2, 0.25) is 0 Å². The molecular formula is C14H14N2O2S. The van der Waals surface area contributed by atoms with Gasteiger partial charge in [-0.25, -0.2) is 14.8 Å². The topological polar surface area (TPSA) is 63.1 Å². The van der Waals surface area contributed by atoms with Crippen molar-refractivity contribution in [2.75, 3.05) is 0 Å². The average molecular weight is 274 g/mol. The van der Waals surface area contributed by atoms with Crippen LogP contribution in [0.4, 0.5) is 0 Å². The molecule has 0 saturated carbocycles. The first kappa shape index (κ1) is 13.5. The molecule has 19 heavy (non-hydrogen) atoms. The Balaban J connectivity index is 2.13. The zero-order chi connectivity index (χ0) is 13.8. The Bertz CT molecular complexity index is 614. The maximum absolute atomic E-state index is 10.9. The fraction of sp³-hybridized carbons (Fsp3) is 0.214. The van der Waals surface area contributed by atoms with E-state index in [0.29, 0.717) is 17.3 Å². The summed E-state index contributed by atoms with van der Waals surface area (Å²) in [5.41, 5.74) is 1.92. The van der Waals surface area contributed by atoms with Crippen molar-refractivity contribution >= 4 is 17.7 Å². The van der Waals surface area contributed by atoms with Crippen molar-refractivity contribution in [3.05, 3.63) is 53.1 Å². The highest BCUT2D eigenvalue weighted by Gasteiger charge is 2.08. The average Bonchev–Trinajstić information content (AvgIpc) is 2.36. The molecule has 1 N–H and O–H groups in total. The molecule has 2 rings (SSSR count). The van der Waals surface area contributed by atoms with E-state index in [0.717, 1.165) is 4.90 Å². The molecule has 0 spiro atoms. The molecule has 0 aliphatic heterocycles. The number of benzene rings is 1. The van der Waals surface area contributed by atoms with Crippen LogP contribution in [0.15, 0.2) is 35.2 Å². The molecule has 0 aliphatic rings. The van der Waals surface area contributed by atoms with Gasteiger partial charge in [0.15, 0.2) is 5.69 Å². The van der Waals surface area contributed by atoms with E-state index >= 15 is 0 Å². The molecule has 1 aromatic carbocycles. The maximum Gasteiger partial charge on any atom is 0.354 e. The van der Waals surface area contributed by atoms with Gasteiger partial charge in [-0.2, -0.15) is 0 Å². The Kier molecular flexibility index (Phi) is 4.16. The molecule has 4 nitrogen and oxygen atoms in total. The zero-order valence-corrected chi connectivity index (χ0v) is 11.6. The molecule has 0 radical (unpaired) electrons. The molecule has 0 unspecified atom stereocenters. The van der Waals surface area contributed by atoms with Gasteiger partial charge in [0.25, 0.3) is 0 Å². The number of aromatic nitrogens is 2. The summed E-state index contributed by atoms with van der Waals surface area (Å²) in [6, 6.07) is 9.61. The van der Waals surface area contributed by atoms with E-state index < -0.39 is 5.97 Å². The van der Waals surface area contributed by atoms with Crippen molar-refractivity contribution in [1.82, 2.24) is 9.97 Å². The molecule has 0 fully saturated rings. The molecule has 0 atom stereocenters. The smallest absolute Gasteiger partial charge is 0.354 e. The third kappa shape index (κ3) is 3.79. The minimum Gasteiger partial charge on any atom is -0.477 e. The van der Waals surface area contributed by atoms with Gasteiger partial charge in [-0.05, 0) is 32.0 Å². The lowest BCUT2D eigenvalue weighted by molar-refractivity contribution is 0.0689. The number of carbonyl (C=O) groups is 1. The Labute approximate surface area is 115 Å². The minimum absolute atomic E-state index is 0.0485. The molecule has 98 valence electrons. The molecule has 2 aromatic rings. The summed E-state index contributed by atoms with van der Waals surface area (Å²) in [5.74, 6) is 0.0852. The van der Waals surface area contributed by atoms with E-state index in [-0.39, 0.29) is 5.69 Å². The van der Waals surface area contributed by atoms with Crippen LogP contribution in [0.2, 0.25) is 0 Å². The number of rotatable bonds is 4. The molecule has 5 heteroatoms. The fourth-order valence-corrected chi connectivity index (χ4v) is 2.53. The van der Waals surface area contributed by atoms with E-state index in [9.17, 15) is 4.79 Å². The first-order valence-corrected chi connectivity index (χ1v) is 6.80. The van der Waals surface area contributed by atoms with Crippen molar-refractivity contribution < 1.29 is 9.90 Å². The van der Waals surface area contributed by atoms with Gasteiger partial charge in [-0.1, -0.05) is 17.7 Å². The molecule has 0 amide bonds. The molecular weight excluding hydrogens is 260 g/mol. The summed E-state index contributed by atoms with van der Waals surface area (Å²) >= 11 is 1.60. The second-order valence-corrected chi connectivity index (χ2v) is 5.27. The second kappa shape index (κ2) is 5.84. The highest BCUT2D eigenvalue weighted by Crippen LogP contribution is 2.22. The summed E-state index contributed by atoms with van der Waals surface area (Å²) in [7, 11) is 0. The van der Waals surface area contributed by atoms with Crippen LogP contribution in [0.25, 0.3) is 0 Å². The summed E-state index contributed by atoms with van der Waals surface area (Å²) in [6.07, 6.45) is 0. The first-order chi connectivity index (χ1) is 9.04. The second-order valence-electron chi connectivity index (χ2n) is 4.22. The van der Waals surface area contributed by atoms with Gasteiger partial charge in [0.1, 0.15) is 5.82 Å². The lowest BCUT2D eigenvalue weighted by atomic mass is 10.2. The van der Waals surface area contributed by atoms with Crippen LogP contribution in [-0.4, -0.2) is 21.0 Å². The van der Waals surface area contributed by atoms with Crippen molar-refractivity contribution in [3.8, 4) is 0 Å². The van der Waals surface area contributed by atoms with Gasteiger partial charge in [0.05, 0.1) is 5.75 Å². The summed E-state index contributed by atoms with van der Waals surface area (Å²) in [4.78, 5) is 20.4. The maximum atomic E-state index is 10.9. The normalized spacial score (nSPS) is 10.4. The first-order valence-electron chi connectivity index (χ1n) is 5.82. The summed E-state index contributed by atoms with van der Waals surface area (Å²) in [6.45, 7) is 3.81. The Hall–Kier alpha value is -1.88. The number of aromatic carboxylic acids is 1. The Morgan fingerprint density at radius 1 is 1.26 bits per heavy atom. The molecule has 0 saturated heterocycles. The van der Waals surface area contributed by atoms with E-state index in [2.05, 4.69) is 16.0 Å². The number of nitrogens with zero attached hydrogens (tertiary/aromatic N) is 2. The zero-order valence-electron chi connectivity index (χ0n) is 10.8. The summed E-state index contributed by atoms with van der Waals surface area (Å²) in [5, 5.41) is 8.96. The van der Waals surface area contributed by atoms with Gasteiger partial charge in [0, 0.05) is 10.6 Å². The van der Waals surface area contributed by atoms with Crippen molar-refractivity contribution in [1.29, 1.82) is 0 Å². The van der Waals surface area contributed by atoms with Crippen LogP contribution < -0.4 is 0 Å². The Morgan fingerprint density at radius 2 is 2.05 bits per heavy atom. The Morgan fingerprint density at radius 3 is 2.74 bits per heavy atom. The monoisotopic (exact) mass is 274 g/mol. The number of carboxylic acid groups (broad SMARTS) is 1. The largest absolute Gasteiger partial charge is 0.477 e. The highest BCUT2D eigenvalue weighted by atomic mass is 32.2. The highest BCUT2D eigenvalue weighted by molar-refractivity contribution is 7.98. The van der Waals surface area contributed by atoms with Crippen LogP contribution in [0.5, 0.6) is 0 Å². The van der Waals surface area contributed by atoms with Crippen LogP contribution in [0.3, 0.4) is 0 Å². The van der Waals surface area contributed by atoms with Gasteiger partial charge >= 0.3 is 5.97 Å². The van der Waals surface area contributed by atoms with Gasteiger partial charge in [-0.3, -0.25) is 0 Å². The van der Waals surface area contributed by atoms with Crippen LogP contribution in [-0.2, 0) is 5.75 Å². The number of aryl methyl sites for hydroxylation is 2. The molecule has 0 aliphatic carbocycles. The molecule has 1 heterocycles. The lowest BCUT2D eigenvalue weighted by Crippen LogP contribution is -2.05. The number of hydrogen-bond donors (Lipinski definition) is 1. The predicted molar refractivity (Wildman–Crippen MR) is 74.5 cm³/mol. The van der Waals surface area contributed by atoms with E-state index in [1.165, 1.54) is 11.6 Å². The fourth-order valence-electron chi connectivity index (χ4n) is 1.66. The molecule has 0 bridgehead atoms. The van der Waals surface area contributed by atoms with Crippen LogP contribution in [0.1, 0.15) is 27.6 Å². The van der Waals surface area contributed by atoms with E-state index in [4.69, 9.17) is 5.11 Å². The number of thioether (sulfide) groups is 1. The lowest BCUT2D eigenvalue weighted by Gasteiger charge is -2.04. The van der Waals surface area contributed by atoms with Crippen molar-refractivity contribution in [3.63, 3.8) is 0 Å². The van der Waals surface area contributed by atoms with Crippen molar-refractivity contribution in [2.45, 2.75) is 24.5 Å². The SMILES string of the molecule is Cc1cccc(SCc2nc(C)cc(C(=O)O)n2)c1. The van der Waals surface area contributed by atoms with E-state index in [1.807, 2.05) is 25.1 Å². The quantitative estimate of drug-likeness (QED) is 0.868. The molecule has 1 aromatic heterocycles. The predicted octanol–water partition coefficient (Wildman–Crippen LogP) is 3.08. The summed E-state index contributed by atoms with van der Waals surface area (Å²) < 4.78 is 0. The van der Waals surface area contributed by atoms with Crippen molar-refractivity contribution in [2.24, 2.45) is 0 Å². The van der Waals surface area contributed by atoms with Crippen LogP contribution in [0, 0.1) is 13.8 Å². The van der Waals surface area contributed by atoms with Crippen LogP contribution >= 0.6 is 11.8 Å². The van der Waals surface area contributed by atoms with Gasteiger partial charge in [-0.15, -0.1) is 11.8 Å². The standard InChI is InChI=1S/C14H14N2O2S/c1-9-4-3-5-11(6-9)19-8-13-15-10(2)7-12(16-13)14(17)18/h3-7H,8H2,1-2H3,(H,17,18). The third-order valence-electron chi connectivity index (χ3n) is 2.48.